The fraction of sp³-hybridized carbons (Fsp3) is 0.545. The molecular weight excluding hydrogens is 482 g/mol. The molecule has 2 aromatic carbocycles. The molecule has 0 atom stereocenters. The minimum Gasteiger partial charge on any atom is -0.339 e. The van der Waals surface area contributed by atoms with Crippen molar-refractivity contribution in [1.29, 1.82) is 0 Å². The van der Waals surface area contributed by atoms with Gasteiger partial charge in [0.1, 0.15) is 5.82 Å². The third-order valence-corrected chi connectivity index (χ3v) is 7.77. The Hall–Kier alpha value is -3.17. The SMILES string of the molecule is [C-]#[N+]c1cccc(-c2nc3ccc(C(=O)N(CCC(C)C)CCC(C)C)cc3n2CCCN2CCCCC2)c1. The van der Waals surface area contributed by atoms with Crippen molar-refractivity contribution in [2.24, 2.45) is 11.8 Å². The van der Waals surface area contributed by atoms with Gasteiger partial charge >= 0.3 is 0 Å². The van der Waals surface area contributed by atoms with E-state index in [1.807, 2.05) is 47.4 Å². The van der Waals surface area contributed by atoms with E-state index in [9.17, 15) is 4.79 Å². The lowest BCUT2D eigenvalue weighted by Gasteiger charge is -2.26. The molecule has 1 aromatic heterocycles. The molecule has 0 N–H and O–H groups in total. The molecule has 6 heteroatoms. The summed E-state index contributed by atoms with van der Waals surface area (Å²) in [6, 6.07) is 13.7. The second kappa shape index (κ2) is 13.8. The zero-order chi connectivity index (χ0) is 27.8. The summed E-state index contributed by atoms with van der Waals surface area (Å²) in [4.78, 5) is 27.0. The molecular formula is C33H45N5O. The highest BCUT2D eigenvalue weighted by molar-refractivity contribution is 5.98. The van der Waals surface area contributed by atoms with E-state index in [1.54, 1.807) is 0 Å². The predicted octanol–water partition coefficient (Wildman–Crippen LogP) is 7.66. The van der Waals surface area contributed by atoms with E-state index in [4.69, 9.17) is 11.6 Å². The highest BCUT2D eigenvalue weighted by Gasteiger charge is 2.20. The number of aromatic nitrogens is 2. The molecule has 0 radical (unpaired) electrons. The van der Waals surface area contributed by atoms with E-state index in [0.29, 0.717) is 17.5 Å². The number of amides is 1. The van der Waals surface area contributed by atoms with Crippen molar-refractivity contribution in [2.75, 3.05) is 32.7 Å². The van der Waals surface area contributed by atoms with Crippen molar-refractivity contribution < 1.29 is 4.79 Å². The van der Waals surface area contributed by atoms with Crippen LogP contribution in [-0.4, -0.2) is 58.0 Å². The van der Waals surface area contributed by atoms with Gasteiger partial charge in [0, 0.05) is 30.8 Å². The number of hydrogen-bond acceptors (Lipinski definition) is 3. The smallest absolute Gasteiger partial charge is 0.253 e. The normalized spacial score (nSPS) is 14.3. The fourth-order valence-electron chi connectivity index (χ4n) is 5.38. The Labute approximate surface area is 234 Å². The first-order valence-corrected chi connectivity index (χ1v) is 14.9. The molecule has 1 amide bonds. The number of carbonyl (C=O) groups is 1. The van der Waals surface area contributed by atoms with Crippen molar-refractivity contribution in [3.63, 3.8) is 0 Å². The van der Waals surface area contributed by atoms with Gasteiger partial charge in [0.2, 0.25) is 0 Å². The van der Waals surface area contributed by atoms with Crippen LogP contribution in [0.2, 0.25) is 0 Å². The molecule has 1 aliphatic rings. The van der Waals surface area contributed by atoms with Crippen molar-refractivity contribution in [2.45, 2.75) is 72.8 Å². The van der Waals surface area contributed by atoms with Crippen LogP contribution in [0.25, 0.3) is 27.3 Å². The molecule has 1 saturated heterocycles. The number of rotatable bonds is 12. The van der Waals surface area contributed by atoms with E-state index in [2.05, 4.69) is 42.0 Å². The van der Waals surface area contributed by atoms with Gasteiger partial charge in [0.25, 0.3) is 5.91 Å². The maximum atomic E-state index is 13.8. The molecule has 0 saturated carbocycles. The molecule has 4 rings (SSSR count). The van der Waals surface area contributed by atoms with Gasteiger partial charge in [0.15, 0.2) is 5.69 Å². The Morgan fingerprint density at radius 3 is 2.36 bits per heavy atom. The molecule has 0 unspecified atom stereocenters. The number of hydrogen-bond donors (Lipinski definition) is 0. The summed E-state index contributed by atoms with van der Waals surface area (Å²) in [7, 11) is 0. The lowest BCUT2D eigenvalue weighted by Crippen LogP contribution is -2.34. The Balaban J connectivity index is 1.66. The Morgan fingerprint density at radius 1 is 0.974 bits per heavy atom. The van der Waals surface area contributed by atoms with Crippen LogP contribution in [0.3, 0.4) is 0 Å². The number of imidazole rings is 1. The first-order valence-electron chi connectivity index (χ1n) is 14.9. The fourth-order valence-corrected chi connectivity index (χ4v) is 5.38. The molecule has 3 aromatic rings. The van der Waals surface area contributed by atoms with Crippen molar-refractivity contribution in [3.05, 3.63) is 59.4 Å². The largest absolute Gasteiger partial charge is 0.339 e. The van der Waals surface area contributed by atoms with Gasteiger partial charge in [-0.05, 0) is 87.8 Å². The zero-order valence-corrected chi connectivity index (χ0v) is 24.3. The molecule has 39 heavy (non-hydrogen) atoms. The minimum absolute atomic E-state index is 0.107. The van der Waals surface area contributed by atoms with Crippen LogP contribution in [0.4, 0.5) is 5.69 Å². The van der Waals surface area contributed by atoms with Crippen LogP contribution in [0.5, 0.6) is 0 Å². The molecule has 0 aliphatic carbocycles. The summed E-state index contributed by atoms with van der Waals surface area (Å²) in [5.41, 5.74) is 4.18. The summed E-state index contributed by atoms with van der Waals surface area (Å²) >= 11 is 0. The number of nitrogens with zero attached hydrogens (tertiary/aromatic N) is 5. The van der Waals surface area contributed by atoms with E-state index < -0.39 is 0 Å². The maximum Gasteiger partial charge on any atom is 0.253 e. The number of piperidine rings is 1. The number of carbonyl (C=O) groups excluding carboxylic acids is 1. The molecule has 6 nitrogen and oxygen atoms in total. The monoisotopic (exact) mass is 527 g/mol. The van der Waals surface area contributed by atoms with Crippen molar-refractivity contribution >= 4 is 22.6 Å². The summed E-state index contributed by atoms with van der Waals surface area (Å²) in [6.45, 7) is 22.2. The van der Waals surface area contributed by atoms with Gasteiger partial charge in [-0.2, -0.15) is 0 Å². The van der Waals surface area contributed by atoms with Gasteiger partial charge < -0.3 is 14.4 Å². The van der Waals surface area contributed by atoms with Crippen molar-refractivity contribution in [1.82, 2.24) is 19.4 Å². The van der Waals surface area contributed by atoms with E-state index in [0.717, 1.165) is 73.4 Å². The summed E-state index contributed by atoms with van der Waals surface area (Å²) in [5, 5.41) is 0. The van der Waals surface area contributed by atoms with Gasteiger partial charge in [-0.1, -0.05) is 52.3 Å². The van der Waals surface area contributed by atoms with Crippen LogP contribution in [-0.2, 0) is 6.54 Å². The van der Waals surface area contributed by atoms with Crippen LogP contribution >= 0.6 is 0 Å². The third kappa shape index (κ3) is 7.70. The molecule has 0 spiro atoms. The number of benzene rings is 2. The topological polar surface area (TPSA) is 45.7 Å². The van der Waals surface area contributed by atoms with E-state index >= 15 is 0 Å². The first-order chi connectivity index (χ1) is 18.9. The van der Waals surface area contributed by atoms with Gasteiger partial charge in [-0.25, -0.2) is 9.83 Å². The van der Waals surface area contributed by atoms with Crippen molar-refractivity contribution in [3.8, 4) is 11.4 Å². The van der Waals surface area contributed by atoms with Gasteiger partial charge in [-0.3, -0.25) is 4.79 Å². The third-order valence-electron chi connectivity index (χ3n) is 7.77. The van der Waals surface area contributed by atoms with Gasteiger partial charge in [-0.15, -0.1) is 0 Å². The second-order valence-electron chi connectivity index (χ2n) is 11.9. The molecule has 208 valence electrons. The van der Waals surface area contributed by atoms with E-state index in [1.165, 1.54) is 32.4 Å². The molecule has 1 fully saturated rings. The van der Waals surface area contributed by atoms with Crippen LogP contribution in [0.15, 0.2) is 42.5 Å². The average Bonchev–Trinajstić information content (AvgIpc) is 3.31. The Bertz CT molecular complexity index is 1270. The predicted molar refractivity (Wildman–Crippen MR) is 161 cm³/mol. The number of likely N-dealkylation sites (tertiary alicyclic amines) is 1. The molecule has 0 bridgehead atoms. The first kappa shape index (κ1) is 28.8. The maximum absolute atomic E-state index is 13.8. The second-order valence-corrected chi connectivity index (χ2v) is 11.9. The number of fused-ring (bicyclic) bond motifs is 1. The summed E-state index contributed by atoms with van der Waals surface area (Å²) in [6.07, 6.45) is 6.95. The lowest BCUT2D eigenvalue weighted by atomic mass is 10.1. The van der Waals surface area contributed by atoms with Crippen LogP contribution in [0.1, 0.15) is 76.6 Å². The highest BCUT2D eigenvalue weighted by atomic mass is 16.2. The van der Waals surface area contributed by atoms with Crippen LogP contribution in [0, 0.1) is 18.4 Å². The number of aryl methyl sites for hydroxylation is 1. The lowest BCUT2D eigenvalue weighted by molar-refractivity contribution is 0.0741. The Morgan fingerprint density at radius 2 is 1.69 bits per heavy atom. The highest BCUT2D eigenvalue weighted by Crippen LogP contribution is 2.29. The quantitative estimate of drug-likeness (QED) is 0.227. The average molecular weight is 528 g/mol. The zero-order valence-electron chi connectivity index (χ0n) is 24.3. The summed E-state index contributed by atoms with van der Waals surface area (Å²) in [5.74, 6) is 2.08. The minimum atomic E-state index is 0.107. The standard InChI is InChI=1S/C33H45N5O/c1-25(2)15-21-37(22-16-26(3)4)33(39)28-13-14-30-31(24-28)38(20-10-19-36-17-7-6-8-18-36)32(35-30)27-11-9-12-29(23-27)34-5/h9,11-14,23-26H,6-8,10,15-22H2,1-4H3. The Kier molecular flexibility index (Phi) is 10.2. The molecule has 2 heterocycles. The molecule has 1 aliphatic heterocycles. The van der Waals surface area contributed by atoms with Crippen LogP contribution < -0.4 is 0 Å². The summed E-state index contributed by atoms with van der Waals surface area (Å²) < 4.78 is 2.27. The van der Waals surface area contributed by atoms with Gasteiger partial charge in [0.05, 0.1) is 17.6 Å². The van der Waals surface area contributed by atoms with E-state index in [-0.39, 0.29) is 5.91 Å².